The van der Waals surface area contributed by atoms with Crippen molar-refractivity contribution in [3.05, 3.63) is 0 Å². The zero-order chi connectivity index (χ0) is 4.50. The van der Waals surface area contributed by atoms with Crippen LogP contribution in [0.2, 0.25) is 0 Å². The highest BCUT2D eigenvalue weighted by atomic mass is 35.5. The molecule has 0 radical (unpaired) electrons. The van der Waals surface area contributed by atoms with E-state index in [9.17, 15) is 0 Å². The van der Waals surface area contributed by atoms with Gasteiger partial charge in [0.05, 0.1) is 0 Å². The molecular formula is H9Cl3O4P2. The molecule has 9 heteroatoms. The highest BCUT2D eigenvalue weighted by Gasteiger charge is 2.00. The number of rotatable bonds is 0. The van der Waals surface area contributed by atoms with Crippen molar-refractivity contribution in [3.63, 3.8) is 0 Å². The Balaban J connectivity index is -0.0000000133. The van der Waals surface area contributed by atoms with E-state index in [2.05, 4.69) is 0 Å². The second-order valence-electron chi connectivity index (χ2n) is 0.513. The molecule has 0 aromatic carbocycles. The minimum atomic E-state index is -4.64. The lowest BCUT2D eigenvalue weighted by atomic mass is 15.8. The number of hydrogen-bond acceptors (Lipinski definition) is 1. The van der Waals surface area contributed by atoms with Crippen molar-refractivity contribution in [2.24, 2.45) is 0 Å². The molecule has 64 valence electrons. The number of hydrogen-bond donors (Lipinski definition) is 3. The third-order valence-corrected chi connectivity index (χ3v) is 0. The van der Waals surface area contributed by atoms with Crippen LogP contribution in [0.4, 0.5) is 0 Å². The van der Waals surface area contributed by atoms with Gasteiger partial charge in [-0.25, -0.2) is 4.57 Å². The van der Waals surface area contributed by atoms with E-state index in [-0.39, 0.29) is 47.1 Å². The van der Waals surface area contributed by atoms with Crippen LogP contribution in [-0.2, 0) is 4.57 Å². The Morgan fingerprint density at radius 2 is 0.889 bits per heavy atom. The maximum atomic E-state index is 8.88. The van der Waals surface area contributed by atoms with E-state index in [0.29, 0.717) is 0 Å². The van der Waals surface area contributed by atoms with E-state index in [1.165, 1.54) is 0 Å². The fraction of sp³-hybridized carbons (Fsp3) is 0. The molecule has 9 heavy (non-hydrogen) atoms. The van der Waals surface area contributed by atoms with E-state index in [4.69, 9.17) is 19.2 Å². The minimum Gasteiger partial charge on any atom is -0.303 e. The van der Waals surface area contributed by atoms with Crippen LogP contribution in [0.3, 0.4) is 0 Å². The smallest absolute Gasteiger partial charge is 0.303 e. The van der Waals surface area contributed by atoms with Crippen LogP contribution < -0.4 is 0 Å². The molecule has 0 fully saturated rings. The molecule has 1 unspecified atom stereocenters. The summed E-state index contributed by atoms with van der Waals surface area (Å²) in [6, 6.07) is 0. The summed E-state index contributed by atoms with van der Waals surface area (Å²) in [5, 5.41) is 0. The predicted molar refractivity (Wildman–Crippen MR) is 47.1 cm³/mol. The standard InChI is InChI=1S/3ClH.H3O4P.H3P/c;;;1-5(2,3)4;/h3*1H;(H3,1,2,3,4);1H3. The molecular weight excluding hydrogens is 232 g/mol. The molecule has 3 N–H and O–H groups in total. The lowest BCUT2D eigenvalue weighted by Gasteiger charge is -1.82. The number of halogens is 3. The lowest BCUT2D eigenvalue weighted by Crippen LogP contribution is -1.66. The van der Waals surface area contributed by atoms with Crippen LogP contribution in [-0.4, -0.2) is 14.7 Å². The Labute approximate surface area is 74.5 Å². The molecule has 0 rings (SSSR count). The summed E-state index contributed by atoms with van der Waals surface area (Å²) in [6.45, 7) is 0. The molecule has 0 aliphatic heterocycles. The molecule has 0 spiro atoms. The van der Waals surface area contributed by atoms with Crippen LogP contribution >= 0.6 is 54.9 Å². The van der Waals surface area contributed by atoms with Gasteiger partial charge < -0.3 is 14.7 Å². The first-order valence-electron chi connectivity index (χ1n) is 0.783. The van der Waals surface area contributed by atoms with E-state index in [0.717, 1.165) is 0 Å². The highest BCUT2D eigenvalue weighted by molar-refractivity contribution is 7.45. The fourth-order valence-corrected chi connectivity index (χ4v) is 0. The van der Waals surface area contributed by atoms with Crippen molar-refractivity contribution < 1.29 is 19.2 Å². The van der Waals surface area contributed by atoms with Gasteiger partial charge in [-0.15, -0.1) is 37.2 Å². The van der Waals surface area contributed by atoms with E-state index in [1.54, 1.807) is 0 Å². The van der Waals surface area contributed by atoms with Crippen molar-refractivity contribution >= 4 is 54.9 Å². The zero-order valence-corrected chi connectivity index (χ0v) is 8.89. The summed E-state index contributed by atoms with van der Waals surface area (Å²) < 4.78 is 8.88. The first-order chi connectivity index (χ1) is 2.00. The van der Waals surface area contributed by atoms with Crippen molar-refractivity contribution in [2.45, 2.75) is 0 Å². The molecule has 0 amide bonds. The van der Waals surface area contributed by atoms with Crippen LogP contribution in [0, 0.1) is 0 Å². The second-order valence-corrected chi connectivity index (χ2v) is 1.54. The van der Waals surface area contributed by atoms with Crippen LogP contribution in [0.15, 0.2) is 0 Å². The molecule has 0 aromatic heterocycles. The molecule has 1 atom stereocenters. The summed E-state index contributed by atoms with van der Waals surface area (Å²) in [7, 11) is -4.64. The van der Waals surface area contributed by atoms with Crippen molar-refractivity contribution in [1.82, 2.24) is 0 Å². The first-order valence-corrected chi connectivity index (χ1v) is 2.35. The Morgan fingerprint density at radius 1 is 0.889 bits per heavy atom. The first kappa shape index (κ1) is 31.5. The Kier molecular flexibility index (Phi) is 42.4. The van der Waals surface area contributed by atoms with Crippen LogP contribution in [0.5, 0.6) is 0 Å². The van der Waals surface area contributed by atoms with Gasteiger partial charge in [-0.1, -0.05) is 0 Å². The third-order valence-electron chi connectivity index (χ3n) is 0. The van der Waals surface area contributed by atoms with E-state index < -0.39 is 7.82 Å². The second kappa shape index (κ2) is 12.1. The average Bonchev–Trinajstić information content (AvgIpc) is 0.722. The Bertz CT molecular complexity index is 59.9. The highest BCUT2D eigenvalue weighted by Crippen LogP contribution is 2.25. The molecule has 0 aliphatic rings. The van der Waals surface area contributed by atoms with Gasteiger partial charge in [0, 0.05) is 0 Å². The molecule has 0 aromatic rings. The SMILES string of the molecule is Cl.Cl.Cl.O=P(O)(O)O.P. The topological polar surface area (TPSA) is 77.8 Å². The van der Waals surface area contributed by atoms with Gasteiger partial charge in [0.2, 0.25) is 0 Å². The van der Waals surface area contributed by atoms with Gasteiger partial charge in [-0.05, 0) is 0 Å². The normalized spacial score (nSPS) is 6.56. The summed E-state index contributed by atoms with van der Waals surface area (Å²) in [5.74, 6) is 0. The quantitative estimate of drug-likeness (QED) is 0.536. The number of phosphoric acid groups is 1. The third kappa shape index (κ3) is 260. The zero-order valence-electron chi connectivity index (χ0n) is 4.13. The summed E-state index contributed by atoms with van der Waals surface area (Å²) in [6.07, 6.45) is 0. The molecule has 0 saturated carbocycles. The Hall–Kier alpha value is 1.41. The van der Waals surface area contributed by atoms with Crippen molar-refractivity contribution in [1.29, 1.82) is 0 Å². The molecule has 0 saturated heterocycles. The fourth-order valence-electron chi connectivity index (χ4n) is 0. The van der Waals surface area contributed by atoms with Gasteiger partial charge in [-0.2, -0.15) is 9.90 Å². The summed E-state index contributed by atoms with van der Waals surface area (Å²) >= 11 is 0. The largest absolute Gasteiger partial charge is 0.466 e. The van der Waals surface area contributed by atoms with Gasteiger partial charge in [-0.3, -0.25) is 0 Å². The van der Waals surface area contributed by atoms with Crippen molar-refractivity contribution in [2.75, 3.05) is 0 Å². The van der Waals surface area contributed by atoms with Gasteiger partial charge in [0.1, 0.15) is 0 Å². The molecule has 0 aliphatic carbocycles. The molecule has 0 heterocycles. The minimum absolute atomic E-state index is 0. The average molecular weight is 241 g/mol. The van der Waals surface area contributed by atoms with Crippen LogP contribution in [0.25, 0.3) is 0 Å². The summed E-state index contributed by atoms with van der Waals surface area (Å²) in [5.41, 5.74) is 0. The molecule has 4 nitrogen and oxygen atoms in total. The van der Waals surface area contributed by atoms with Gasteiger partial charge >= 0.3 is 7.82 Å². The maximum Gasteiger partial charge on any atom is 0.466 e. The van der Waals surface area contributed by atoms with E-state index in [1.807, 2.05) is 0 Å². The van der Waals surface area contributed by atoms with Crippen molar-refractivity contribution in [3.8, 4) is 0 Å². The van der Waals surface area contributed by atoms with Gasteiger partial charge in [0.25, 0.3) is 0 Å². The predicted octanol–water partition coefficient (Wildman–Crippen LogP) is 0.395. The summed E-state index contributed by atoms with van der Waals surface area (Å²) in [4.78, 5) is 21.6. The monoisotopic (exact) mass is 240 g/mol. The van der Waals surface area contributed by atoms with Crippen LogP contribution in [0.1, 0.15) is 0 Å². The lowest BCUT2D eigenvalue weighted by molar-refractivity contribution is 0.275. The maximum absolute atomic E-state index is 8.88. The Morgan fingerprint density at radius 3 is 0.889 bits per heavy atom. The van der Waals surface area contributed by atoms with E-state index >= 15 is 0 Å². The van der Waals surface area contributed by atoms with Gasteiger partial charge in [0.15, 0.2) is 0 Å². The molecule has 0 bridgehead atoms.